The van der Waals surface area contributed by atoms with E-state index < -0.39 is 4.92 Å². The van der Waals surface area contributed by atoms with E-state index >= 15 is 0 Å². The summed E-state index contributed by atoms with van der Waals surface area (Å²) in [5.74, 6) is 0.626. The van der Waals surface area contributed by atoms with Gasteiger partial charge in [0.05, 0.1) is 16.0 Å². The molecule has 0 saturated carbocycles. The third-order valence-electron chi connectivity index (χ3n) is 2.27. The van der Waals surface area contributed by atoms with Gasteiger partial charge in [-0.1, -0.05) is 13.8 Å². The topological polar surface area (TPSA) is 64.4 Å². The van der Waals surface area contributed by atoms with Gasteiger partial charge < -0.3 is 10.1 Å². The number of anilines is 1. The van der Waals surface area contributed by atoms with Crippen LogP contribution in [0.15, 0.2) is 16.6 Å². The molecule has 0 aromatic heterocycles. The van der Waals surface area contributed by atoms with Crippen LogP contribution in [0.1, 0.15) is 26.7 Å². The van der Waals surface area contributed by atoms with E-state index in [0.717, 1.165) is 12.8 Å². The van der Waals surface area contributed by atoms with Crippen LogP contribution in [0.5, 0.6) is 5.75 Å². The van der Waals surface area contributed by atoms with Crippen molar-refractivity contribution in [1.82, 2.24) is 0 Å². The molecule has 0 unspecified atom stereocenters. The van der Waals surface area contributed by atoms with E-state index in [2.05, 4.69) is 21.2 Å². The van der Waals surface area contributed by atoms with Gasteiger partial charge in [0.2, 0.25) is 0 Å². The van der Waals surface area contributed by atoms with Crippen LogP contribution in [-0.2, 0) is 0 Å². The van der Waals surface area contributed by atoms with Crippen molar-refractivity contribution in [2.45, 2.75) is 26.7 Å². The average Bonchev–Trinajstić information content (AvgIpc) is 2.35. The second-order valence-electron chi connectivity index (χ2n) is 3.83. The van der Waals surface area contributed by atoms with Crippen molar-refractivity contribution in [3.63, 3.8) is 0 Å². The Bertz CT molecular complexity index is 424. The number of hydrogen-bond donors (Lipinski definition) is 1. The molecule has 0 saturated heterocycles. The average molecular weight is 317 g/mol. The summed E-state index contributed by atoms with van der Waals surface area (Å²) in [6.07, 6.45) is 1.79. The number of nitrogens with one attached hydrogen (secondary N) is 1. The Morgan fingerprint density at radius 3 is 2.67 bits per heavy atom. The number of nitro benzene ring substituents is 1. The molecular weight excluding hydrogens is 300 g/mol. The van der Waals surface area contributed by atoms with E-state index in [1.165, 1.54) is 6.07 Å². The van der Waals surface area contributed by atoms with E-state index in [9.17, 15) is 10.1 Å². The molecule has 1 aromatic rings. The lowest BCUT2D eigenvalue weighted by Gasteiger charge is -2.11. The number of nitro groups is 1. The summed E-state index contributed by atoms with van der Waals surface area (Å²) in [5, 5.41) is 14.0. The highest BCUT2D eigenvalue weighted by atomic mass is 79.9. The molecule has 0 radical (unpaired) electrons. The summed E-state index contributed by atoms with van der Waals surface area (Å²) >= 11 is 3.29. The highest BCUT2D eigenvalue weighted by Gasteiger charge is 2.17. The molecule has 0 heterocycles. The molecule has 0 aliphatic carbocycles. The molecule has 1 N–H and O–H groups in total. The largest absolute Gasteiger partial charge is 0.492 e. The number of benzene rings is 1. The number of halogens is 1. The Balaban J connectivity index is 3.05. The zero-order valence-corrected chi connectivity index (χ0v) is 12.1. The molecule has 0 aliphatic rings. The maximum absolute atomic E-state index is 11.0. The summed E-state index contributed by atoms with van der Waals surface area (Å²) in [6.45, 7) is 5.29. The second-order valence-corrected chi connectivity index (χ2v) is 4.69. The van der Waals surface area contributed by atoms with Gasteiger partial charge in [-0.25, -0.2) is 0 Å². The van der Waals surface area contributed by atoms with Gasteiger partial charge in [-0.3, -0.25) is 10.1 Å². The number of ether oxygens (including phenoxy) is 1. The SMILES string of the molecule is CCCNc1cc(OCCC)c(Br)cc1[N+](=O)[O-]. The van der Waals surface area contributed by atoms with Gasteiger partial charge in [0.25, 0.3) is 5.69 Å². The highest BCUT2D eigenvalue weighted by Crippen LogP contribution is 2.36. The summed E-state index contributed by atoms with van der Waals surface area (Å²) in [6, 6.07) is 3.15. The molecule has 6 heteroatoms. The first-order chi connectivity index (χ1) is 8.60. The van der Waals surface area contributed by atoms with E-state index in [1.54, 1.807) is 6.07 Å². The van der Waals surface area contributed by atoms with E-state index in [-0.39, 0.29) is 5.69 Å². The molecule has 0 spiro atoms. The minimum Gasteiger partial charge on any atom is -0.492 e. The lowest BCUT2D eigenvalue weighted by Crippen LogP contribution is -2.05. The summed E-state index contributed by atoms with van der Waals surface area (Å²) in [5.41, 5.74) is 0.551. The molecule has 1 rings (SSSR count). The molecule has 5 nitrogen and oxygen atoms in total. The van der Waals surface area contributed by atoms with Crippen molar-refractivity contribution in [3.8, 4) is 5.75 Å². The van der Waals surface area contributed by atoms with E-state index in [0.29, 0.717) is 29.1 Å². The minimum absolute atomic E-state index is 0.0548. The monoisotopic (exact) mass is 316 g/mol. The fraction of sp³-hybridized carbons (Fsp3) is 0.500. The van der Waals surface area contributed by atoms with Gasteiger partial charge in [-0.05, 0) is 28.8 Å². The Morgan fingerprint density at radius 2 is 2.11 bits per heavy atom. The van der Waals surface area contributed by atoms with Crippen LogP contribution < -0.4 is 10.1 Å². The molecule has 0 amide bonds. The van der Waals surface area contributed by atoms with Crippen molar-refractivity contribution in [2.75, 3.05) is 18.5 Å². The normalized spacial score (nSPS) is 10.2. The van der Waals surface area contributed by atoms with Crippen molar-refractivity contribution in [3.05, 3.63) is 26.7 Å². The minimum atomic E-state index is -0.396. The zero-order chi connectivity index (χ0) is 13.5. The zero-order valence-electron chi connectivity index (χ0n) is 10.5. The summed E-state index contributed by atoms with van der Waals surface area (Å²) < 4.78 is 6.13. The maximum Gasteiger partial charge on any atom is 0.293 e. The fourth-order valence-corrected chi connectivity index (χ4v) is 1.86. The molecule has 0 bridgehead atoms. The quantitative estimate of drug-likeness (QED) is 0.610. The van der Waals surface area contributed by atoms with Crippen molar-refractivity contribution in [1.29, 1.82) is 0 Å². The van der Waals surface area contributed by atoms with E-state index in [1.807, 2.05) is 13.8 Å². The first-order valence-corrected chi connectivity index (χ1v) is 6.74. The second kappa shape index (κ2) is 7.20. The van der Waals surface area contributed by atoms with Gasteiger partial charge in [0.15, 0.2) is 0 Å². The third kappa shape index (κ3) is 3.87. The van der Waals surface area contributed by atoms with Gasteiger partial charge >= 0.3 is 0 Å². The van der Waals surface area contributed by atoms with Gasteiger partial charge in [-0.15, -0.1) is 0 Å². The molecule has 1 aromatic carbocycles. The predicted octanol–water partition coefficient (Wildman–Crippen LogP) is 3.97. The van der Waals surface area contributed by atoms with Crippen molar-refractivity contribution < 1.29 is 9.66 Å². The number of hydrogen-bond acceptors (Lipinski definition) is 4. The molecule has 100 valence electrons. The van der Waals surface area contributed by atoms with Crippen LogP contribution in [-0.4, -0.2) is 18.1 Å². The Morgan fingerprint density at radius 1 is 1.39 bits per heavy atom. The fourth-order valence-electron chi connectivity index (χ4n) is 1.42. The first kappa shape index (κ1) is 14.8. The Kier molecular flexibility index (Phi) is 5.91. The maximum atomic E-state index is 11.0. The van der Waals surface area contributed by atoms with Crippen LogP contribution >= 0.6 is 15.9 Å². The standard InChI is InChI=1S/C12H17BrN2O3/c1-3-5-14-10-8-12(18-6-4-2)9(13)7-11(10)15(16)17/h7-8,14H,3-6H2,1-2H3. The lowest BCUT2D eigenvalue weighted by atomic mass is 10.2. The third-order valence-corrected chi connectivity index (χ3v) is 2.89. The van der Waals surface area contributed by atoms with Crippen LogP contribution in [0.2, 0.25) is 0 Å². The van der Waals surface area contributed by atoms with Gasteiger partial charge in [0, 0.05) is 18.7 Å². The molecule has 0 fully saturated rings. The van der Waals surface area contributed by atoms with E-state index in [4.69, 9.17) is 4.74 Å². The molecular formula is C12H17BrN2O3. The van der Waals surface area contributed by atoms with Crippen LogP contribution in [0.25, 0.3) is 0 Å². The molecule has 0 atom stereocenters. The Hall–Kier alpha value is -1.30. The van der Waals surface area contributed by atoms with Crippen molar-refractivity contribution >= 4 is 27.3 Å². The van der Waals surface area contributed by atoms with Crippen LogP contribution in [0, 0.1) is 10.1 Å². The van der Waals surface area contributed by atoms with Gasteiger partial charge in [-0.2, -0.15) is 0 Å². The number of nitrogens with zero attached hydrogens (tertiary/aromatic N) is 1. The predicted molar refractivity (Wildman–Crippen MR) is 75.4 cm³/mol. The van der Waals surface area contributed by atoms with Gasteiger partial charge in [0.1, 0.15) is 11.4 Å². The molecule has 18 heavy (non-hydrogen) atoms. The van der Waals surface area contributed by atoms with Crippen LogP contribution in [0.4, 0.5) is 11.4 Å². The first-order valence-electron chi connectivity index (χ1n) is 5.94. The summed E-state index contributed by atoms with van der Waals surface area (Å²) in [4.78, 5) is 10.6. The molecule has 0 aliphatic heterocycles. The summed E-state index contributed by atoms with van der Waals surface area (Å²) in [7, 11) is 0. The van der Waals surface area contributed by atoms with Crippen molar-refractivity contribution in [2.24, 2.45) is 0 Å². The smallest absolute Gasteiger partial charge is 0.293 e. The Labute approximate surface area is 115 Å². The van der Waals surface area contributed by atoms with Crippen LogP contribution in [0.3, 0.4) is 0 Å². The lowest BCUT2D eigenvalue weighted by molar-refractivity contribution is -0.384. The highest BCUT2D eigenvalue weighted by molar-refractivity contribution is 9.10. The number of rotatable bonds is 7.